The van der Waals surface area contributed by atoms with Crippen LogP contribution in [-0.4, -0.2) is 34.0 Å². The van der Waals surface area contributed by atoms with Crippen molar-refractivity contribution in [2.75, 3.05) is 11.6 Å². The first-order valence-corrected chi connectivity index (χ1v) is 7.52. The standard InChI is InChI=1S/C14H12F3N3O3S/c1-13(6-21)10-9(24-20(13)23)5-8(22)12(11(10)14(15,16)17)19-4-2-3-18-7-19/h2-6,22-23H,7H2,1H3. The van der Waals surface area contributed by atoms with E-state index in [9.17, 15) is 28.3 Å². The summed E-state index contributed by atoms with van der Waals surface area (Å²) in [4.78, 5) is 16.4. The summed E-state index contributed by atoms with van der Waals surface area (Å²) in [7, 11) is 0. The number of alkyl halides is 3. The van der Waals surface area contributed by atoms with Crippen LogP contribution in [0.4, 0.5) is 18.9 Å². The summed E-state index contributed by atoms with van der Waals surface area (Å²) in [6.07, 6.45) is -0.409. The minimum atomic E-state index is -4.86. The number of carbonyl (C=O) groups excluding carboxylic acids is 1. The fourth-order valence-electron chi connectivity index (χ4n) is 2.69. The molecule has 1 aromatic rings. The summed E-state index contributed by atoms with van der Waals surface area (Å²) in [5, 5.41) is 20.1. The van der Waals surface area contributed by atoms with Gasteiger partial charge in [-0.05, 0) is 31.0 Å². The molecule has 1 unspecified atom stereocenters. The molecular weight excluding hydrogens is 347 g/mol. The first-order valence-electron chi connectivity index (χ1n) is 6.74. The van der Waals surface area contributed by atoms with Crippen LogP contribution in [0.15, 0.2) is 28.2 Å². The highest BCUT2D eigenvalue weighted by Crippen LogP contribution is 2.56. The fourth-order valence-corrected chi connectivity index (χ4v) is 3.77. The second-order valence-corrected chi connectivity index (χ2v) is 6.37. The molecule has 0 saturated carbocycles. The van der Waals surface area contributed by atoms with E-state index in [1.807, 2.05) is 0 Å². The van der Waals surface area contributed by atoms with Gasteiger partial charge in [-0.15, -0.1) is 4.47 Å². The van der Waals surface area contributed by atoms with Gasteiger partial charge >= 0.3 is 6.18 Å². The SMILES string of the molecule is CC1(C=O)c2c(cc(O)c(N3C=CC=NC3)c2C(F)(F)F)SN1O. The summed E-state index contributed by atoms with van der Waals surface area (Å²) in [5.74, 6) is -0.612. The first kappa shape index (κ1) is 16.8. The molecule has 2 aliphatic heterocycles. The van der Waals surface area contributed by atoms with E-state index >= 15 is 0 Å². The Labute approximate surface area is 139 Å². The van der Waals surface area contributed by atoms with Gasteiger partial charge in [0.15, 0.2) is 0 Å². The third-order valence-electron chi connectivity index (χ3n) is 3.82. The Bertz CT molecular complexity index is 766. The molecule has 3 rings (SSSR count). The number of hydrogen-bond acceptors (Lipinski definition) is 7. The van der Waals surface area contributed by atoms with Crippen molar-refractivity contribution >= 4 is 30.1 Å². The highest BCUT2D eigenvalue weighted by molar-refractivity contribution is 7.97. The summed E-state index contributed by atoms with van der Waals surface area (Å²) < 4.78 is 41.9. The summed E-state index contributed by atoms with van der Waals surface area (Å²) in [5.41, 5.74) is -3.96. The molecule has 0 fully saturated rings. The molecular formula is C14H12F3N3O3S. The van der Waals surface area contributed by atoms with E-state index in [1.165, 1.54) is 25.4 Å². The number of aliphatic imine (C=N–C) groups is 1. The highest BCUT2D eigenvalue weighted by atomic mass is 32.2. The van der Waals surface area contributed by atoms with E-state index in [1.54, 1.807) is 0 Å². The number of nitrogens with zero attached hydrogens (tertiary/aromatic N) is 3. The highest BCUT2D eigenvalue weighted by Gasteiger charge is 2.51. The zero-order chi connectivity index (χ0) is 17.7. The van der Waals surface area contributed by atoms with Gasteiger partial charge in [0.2, 0.25) is 0 Å². The van der Waals surface area contributed by atoms with Gasteiger partial charge in [-0.2, -0.15) is 13.2 Å². The normalized spacial score (nSPS) is 23.6. The van der Waals surface area contributed by atoms with Crippen molar-refractivity contribution in [2.45, 2.75) is 23.5 Å². The molecule has 0 aliphatic carbocycles. The van der Waals surface area contributed by atoms with Gasteiger partial charge in [0.05, 0.1) is 11.3 Å². The fraction of sp³-hybridized carbons (Fsp3) is 0.286. The van der Waals surface area contributed by atoms with Gasteiger partial charge in [0, 0.05) is 22.9 Å². The maximum absolute atomic E-state index is 13.8. The van der Waals surface area contributed by atoms with Crippen molar-refractivity contribution < 1.29 is 28.3 Å². The van der Waals surface area contributed by atoms with Crippen molar-refractivity contribution in [1.82, 2.24) is 4.47 Å². The predicted molar refractivity (Wildman–Crippen MR) is 81.0 cm³/mol. The van der Waals surface area contributed by atoms with Gasteiger partial charge in [-0.25, -0.2) is 0 Å². The number of aldehydes is 1. The molecule has 0 radical (unpaired) electrons. The predicted octanol–water partition coefficient (Wildman–Crippen LogP) is 2.90. The molecule has 2 heterocycles. The summed E-state index contributed by atoms with van der Waals surface area (Å²) >= 11 is 0.554. The van der Waals surface area contributed by atoms with Crippen LogP contribution in [-0.2, 0) is 16.5 Å². The number of carbonyl (C=O) groups is 1. The molecule has 2 aliphatic rings. The van der Waals surface area contributed by atoms with E-state index < -0.39 is 34.3 Å². The van der Waals surface area contributed by atoms with Crippen LogP contribution in [0.3, 0.4) is 0 Å². The number of hydrogen-bond donors (Lipinski definition) is 2. The molecule has 24 heavy (non-hydrogen) atoms. The molecule has 6 nitrogen and oxygen atoms in total. The van der Waals surface area contributed by atoms with Crippen LogP contribution in [0.5, 0.6) is 5.75 Å². The maximum atomic E-state index is 13.8. The van der Waals surface area contributed by atoms with Crippen molar-refractivity contribution in [2.24, 2.45) is 4.99 Å². The number of benzene rings is 1. The average molecular weight is 359 g/mol. The lowest BCUT2D eigenvalue weighted by Gasteiger charge is -2.30. The Hall–Kier alpha value is -2.04. The Kier molecular flexibility index (Phi) is 3.85. The third-order valence-corrected chi connectivity index (χ3v) is 4.89. The lowest BCUT2D eigenvalue weighted by Crippen LogP contribution is -2.37. The quantitative estimate of drug-likeness (QED) is 0.625. The van der Waals surface area contributed by atoms with Crippen molar-refractivity contribution in [3.05, 3.63) is 29.5 Å². The summed E-state index contributed by atoms with van der Waals surface area (Å²) in [6, 6.07) is 1.11. The maximum Gasteiger partial charge on any atom is 0.418 e. The van der Waals surface area contributed by atoms with Crippen LogP contribution in [0.2, 0.25) is 0 Å². The van der Waals surface area contributed by atoms with Crippen molar-refractivity contribution in [3.8, 4) is 5.75 Å². The zero-order valence-corrected chi connectivity index (χ0v) is 13.1. The molecule has 0 spiro atoms. The number of anilines is 1. The van der Waals surface area contributed by atoms with Gasteiger partial charge in [-0.1, -0.05) is 0 Å². The molecule has 0 amide bonds. The van der Waals surface area contributed by atoms with Crippen LogP contribution < -0.4 is 4.90 Å². The number of phenols is 1. The second kappa shape index (κ2) is 5.50. The smallest absolute Gasteiger partial charge is 0.418 e. The molecule has 0 bridgehead atoms. The Morgan fingerprint density at radius 3 is 2.71 bits per heavy atom. The van der Waals surface area contributed by atoms with Crippen LogP contribution in [0.25, 0.3) is 0 Å². The molecule has 2 N–H and O–H groups in total. The molecule has 1 atom stereocenters. The Balaban J connectivity index is 2.35. The monoisotopic (exact) mass is 359 g/mol. The first-order chi connectivity index (χ1) is 11.2. The van der Waals surface area contributed by atoms with Crippen molar-refractivity contribution in [3.63, 3.8) is 0 Å². The minimum Gasteiger partial charge on any atom is -0.506 e. The molecule has 128 valence electrons. The van der Waals surface area contributed by atoms with E-state index in [0.717, 1.165) is 11.0 Å². The van der Waals surface area contributed by atoms with Gasteiger partial charge in [-0.3, -0.25) is 4.99 Å². The molecule has 0 aromatic heterocycles. The van der Waals surface area contributed by atoms with E-state index in [4.69, 9.17) is 0 Å². The topological polar surface area (TPSA) is 76.4 Å². The van der Waals surface area contributed by atoms with Gasteiger partial charge < -0.3 is 20.0 Å². The third kappa shape index (κ3) is 2.38. The second-order valence-electron chi connectivity index (χ2n) is 5.40. The van der Waals surface area contributed by atoms with Crippen LogP contribution in [0.1, 0.15) is 18.1 Å². The number of phenolic OH excluding ortho intramolecular Hbond substituents is 1. The van der Waals surface area contributed by atoms with Crippen molar-refractivity contribution in [1.29, 1.82) is 0 Å². The Morgan fingerprint density at radius 2 is 2.17 bits per heavy atom. The minimum absolute atomic E-state index is 0.0369. The van der Waals surface area contributed by atoms with E-state index in [0.29, 0.717) is 16.4 Å². The van der Waals surface area contributed by atoms with Crippen LogP contribution >= 0.6 is 11.9 Å². The molecule has 0 saturated heterocycles. The molecule has 1 aromatic carbocycles. The van der Waals surface area contributed by atoms with E-state index in [2.05, 4.69) is 4.99 Å². The van der Waals surface area contributed by atoms with Crippen LogP contribution in [0, 0.1) is 0 Å². The summed E-state index contributed by atoms with van der Waals surface area (Å²) in [6.45, 7) is 1.07. The lowest BCUT2D eigenvalue weighted by molar-refractivity contribution is -0.143. The number of aromatic hydroxyl groups is 1. The number of hydroxylamine groups is 1. The van der Waals surface area contributed by atoms with Gasteiger partial charge in [0.1, 0.15) is 24.2 Å². The number of rotatable bonds is 2. The lowest BCUT2D eigenvalue weighted by atomic mass is 9.88. The average Bonchev–Trinajstić information content (AvgIpc) is 2.77. The Morgan fingerprint density at radius 1 is 1.46 bits per heavy atom. The van der Waals surface area contributed by atoms with Gasteiger partial charge in [0.25, 0.3) is 0 Å². The zero-order valence-electron chi connectivity index (χ0n) is 12.3. The van der Waals surface area contributed by atoms with E-state index in [-0.39, 0.29) is 17.9 Å². The number of fused-ring (bicyclic) bond motifs is 1. The number of halogens is 3. The number of allylic oxidation sites excluding steroid dienone is 1. The largest absolute Gasteiger partial charge is 0.506 e. The molecule has 10 heteroatoms.